The number of carboxylic acid groups (broad SMARTS) is 1. The van der Waals surface area contributed by atoms with Crippen molar-refractivity contribution in [1.82, 2.24) is 5.32 Å². The van der Waals surface area contributed by atoms with Crippen LogP contribution in [0.1, 0.15) is 42.8 Å². The molecule has 96 valence electrons. The minimum Gasteiger partial charge on any atom is -0.478 e. The molecule has 1 heterocycles. The molecule has 0 aliphatic rings. The first-order chi connectivity index (χ1) is 8.00. The topological polar surface area (TPSA) is 82.7 Å². The van der Waals surface area contributed by atoms with Crippen LogP contribution in [0.3, 0.4) is 0 Å². The summed E-state index contributed by atoms with van der Waals surface area (Å²) in [7, 11) is 0. The van der Waals surface area contributed by atoms with Gasteiger partial charge in [-0.25, -0.2) is 4.79 Å². The van der Waals surface area contributed by atoms with E-state index in [4.69, 9.17) is 9.52 Å². The molecule has 1 rings (SSSR count). The lowest BCUT2D eigenvalue weighted by Gasteiger charge is -2.25. The Labute approximate surface area is 100 Å². The lowest BCUT2D eigenvalue weighted by atomic mass is 9.98. The van der Waals surface area contributed by atoms with E-state index in [-0.39, 0.29) is 5.56 Å². The summed E-state index contributed by atoms with van der Waals surface area (Å²) in [5.41, 5.74) is -0.564. The number of carbonyl (C=O) groups is 1. The average molecular weight is 241 g/mol. The van der Waals surface area contributed by atoms with Crippen molar-refractivity contribution in [3.8, 4) is 0 Å². The number of rotatable bonds is 7. The van der Waals surface area contributed by atoms with Gasteiger partial charge in [0.15, 0.2) is 0 Å². The first-order valence-corrected chi connectivity index (χ1v) is 5.74. The van der Waals surface area contributed by atoms with Gasteiger partial charge in [0.1, 0.15) is 12.0 Å². The molecular formula is C12H19NO4. The molecule has 0 unspecified atom stereocenters. The van der Waals surface area contributed by atoms with Crippen LogP contribution < -0.4 is 5.32 Å². The molecule has 1 aromatic rings. The zero-order valence-electron chi connectivity index (χ0n) is 10.2. The van der Waals surface area contributed by atoms with Gasteiger partial charge in [-0.2, -0.15) is 0 Å². The minimum atomic E-state index is -1.00. The molecule has 5 heteroatoms. The Balaban J connectivity index is 2.43. The van der Waals surface area contributed by atoms with Crippen LogP contribution >= 0.6 is 0 Å². The number of carboxylic acids is 1. The third-order valence-electron chi connectivity index (χ3n) is 2.97. The summed E-state index contributed by atoms with van der Waals surface area (Å²) in [5, 5.41) is 21.8. The molecule has 0 spiro atoms. The lowest BCUT2D eigenvalue weighted by molar-refractivity contribution is 0.0319. The number of hydrogen-bond acceptors (Lipinski definition) is 4. The van der Waals surface area contributed by atoms with E-state index >= 15 is 0 Å². The van der Waals surface area contributed by atoms with Crippen LogP contribution in [0.15, 0.2) is 16.7 Å². The molecule has 0 saturated heterocycles. The number of nitrogens with one attached hydrogen (secondary N) is 1. The zero-order valence-corrected chi connectivity index (χ0v) is 10.2. The Morgan fingerprint density at radius 2 is 2.12 bits per heavy atom. The molecule has 0 bridgehead atoms. The minimum absolute atomic E-state index is 0.142. The van der Waals surface area contributed by atoms with E-state index in [1.165, 1.54) is 12.3 Å². The fourth-order valence-electron chi connectivity index (χ4n) is 1.50. The summed E-state index contributed by atoms with van der Waals surface area (Å²) in [6.45, 7) is 4.74. The highest BCUT2D eigenvalue weighted by Gasteiger charge is 2.21. The van der Waals surface area contributed by atoms with Gasteiger partial charge >= 0.3 is 5.97 Å². The fraction of sp³-hybridized carbons (Fsp3) is 0.583. The van der Waals surface area contributed by atoms with Crippen molar-refractivity contribution in [2.45, 2.75) is 38.8 Å². The Bertz CT molecular complexity index is 368. The molecule has 0 saturated carbocycles. The number of hydrogen-bond donors (Lipinski definition) is 3. The largest absolute Gasteiger partial charge is 0.478 e. The summed E-state index contributed by atoms with van der Waals surface area (Å²) < 4.78 is 5.08. The molecule has 0 fully saturated rings. The summed E-state index contributed by atoms with van der Waals surface area (Å²) in [4.78, 5) is 10.6. The highest BCUT2D eigenvalue weighted by molar-refractivity contribution is 5.87. The molecule has 0 aromatic carbocycles. The Morgan fingerprint density at radius 1 is 1.47 bits per heavy atom. The highest BCUT2D eigenvalue weighted by atomic mass is 16.4. The van der Waals surface area contributed by atoms with Crippen LogP contribution in [0.5, 0.6) is 0 Å². The van der Waals surface area contributed by atoms with Crippen molar-refractivity contribution < 1.29 is 19.4 Å². The third kappa shape index (κ3) is 3.87. The van der Waals surface area contributed by atoms with Gasteiger partial charge in [-0.3, -0.25) is 0 Å². The average Bonchev–Trinajstić information content (AvgIpc) is 2.78. The van der Waals surface area contributed by atoms with Crippen molar-refractivity contribution in [3.05, 3.63) is 23.7 Å². The third-order valence-corrected chi connectivity index (χ3v) is 2.97. The maximum Gasteiger partial charge on any atom is 0.338 e. The van der Waals surface area contributed by atoms with Gasteiger partial charge in [0.05, 0.1) is 17.7 Å². The van der Waals surface area contributed by atoms with E-state index in [0.29, 0.717) is 31.7 Å². The second kappa shape index (κ2) is 5.84. The zero-order chi connectivity index (χ0) is 12.9. The molecule has 5 nitrogen and oxygen atoms in total. The van der Waals surface area contributed by atoms with E-state index in [1.54, 1.807) is 0 Å². The molecule has 0 atom stereocenters. The van der Waals surface area contributed by atoms with Crippen LogP contribution in [-0.4, -0.2) is 28.3 Å². The predicted octanol–water partition coefficient (Wildman–Crippen LogP) is 1.62. The Kier molecular flexibility index (Phi) is 4.72. The van der Waals surface area contributed by atoms with E-state index in [9.17, 15) is 9.90 Å². The first kappa shape index (κ1) is 13.7. The van der Waals surface area contributed by atoms with E-state index in [1.807, 2.05) is 13.8 Å². The Morgan fingerprint density at radius 3 is 2.59 bits per heavy atom. The van der Waals surface area contributed by atoms with Crippen molar-refractivity contribution >= 4 is 5.97 Å². The molecule has 0 radical (unpaired) electrons. The molecule has 0 aliphatic carbocycles. The molecule has 17 heavy (non-hydrogen) atoms. The SMILES string of the molecule is CCC(O)(CC)CNCc1cc(C(=O)O)co1. The molecule has 3 N–H and O–H groups in total. The maximum atomic E-state index is 10.6. The fourth-order valence-corrected chi connectivity index (χ4v) is 1.50. The quantitative estimate of drug-likeness (QED) is 0.675. The molecule has 0 aliphatic heterocycles. The maximum absolute atomic E-state index is 10.6. The van der Waals surface area contributed by atoms with Gasteiger partial charge in [0, 0.05) is 6.54 Å². The van der Waals surface area contributed by atoms with E-state index in [0.717, 1.165) is 0 Å². The monoisotopic (exact) mass is 241 g/mol. The number of aromatic carboxylic acids is 1. The van der Waals surface area contributed by atoms with Crippen LogP contribution in [0.25, 0.3) is 0 Å². The smallest absolute Gasteiger partial charge is 0.338 e. The number of furan rings is 1. The van der Waals surface area contributed by atoms with Gasteiger partial charge in [0.25, 0.3) is 0 Å². The van der Waals surface area contributed by atoms with Crippen molar-refractivity contribution in [1.29, 1.82) is 0 Å². The van der Waals surface area contributed by atoms with Gasteiger partial charge in [0.2, 0.25) is 0 Å². The normalized spacial score (nSPS) is 11.7. The summed E-state index contributed by atoms with van der Waals surface area (Å²) in [6.07, 6.45) is 2.56. The highest BCUT2D eigenvalue weighted by Crippen LogP contribution is 2.13. The van der Waals surface area contributed by atoms with Crippen LogP contribution in [0.2, 0.25) is 0 Å². The summed E-state index contributed by atoms with van der Waals surface area (Å²) in [6, 6.07) is 1.48. The van der Waals surface area contributed by atoms with Crippen molar-refractivity contribution in [2.75, 3.05) is 6.54 Å². The van der Waals surface area contributed by atoms with Gasteiger partial charge in [-0.1, -0.05) is 13.8 Å². The van der Waals surface area contributed by atoms with Crippen molar-refractivity contribution in [2.24, 2.45) is 0 Å². The first-order valence-electron chi connectivity index (χ1n) is 5.74. The van der Waals surface area contributed by atoms with Crippen LogP contribution in [0.4, 0.5) is 0 Å². The van der Waals surface area contributed by atoms with E-state index in [2.05, 4.69) is 5.32 Å². The molecular weight excluding hydrogens is 222 g/mol. The van der Waals surface area contributed by atoms with Crippen molar-refractivity contribution in [3.63, 3.8) is 0 Å². The molecule has 1 aromatic heterocycles. The molecule has 0 amide bonds. The Hall–Kier alpha value is -1.33. The standard InChI is InChI=1S/C12H19NO4/c1-3-12(16,4-2)8-13-6-10-5-9(7-17-10)11(14)15/h5,7,13,16H,3-4,6,8H2,1-2H3,(H,14,15). The second-order valence-corrected chi connectivity index (χ2v) is 4.14. The number of aliphatic hydroxyl groups is 1. The lowest BCUT2D eigenvalue weighted by Crippen LogP contribution is -2.39. The van der Waals surface area contributed by atoms with Gasteiger partial charge < -0.3 is 19.9 Å². The second-order valence-electron chi connectivity index (χ2n) is 4.14. The van der Waals surface area contributed by atoms with E-state index < -0.39 is 11.6 Å². The predicted molar refractivity (Wildman–Crippen MR) is 62.9 cm³/mol. The van der Waals surface area contributed by atoms with Crippen LogP contribution in [-0.2, 0) is 6.54 Å². The summed E-state index contributed by atoms with van der Waals surface area (Å²) in [5.74, 6) is -0.449. The van der Waals surface area contributed by atoms with Crippen LogP contribution in [0, 0.1) is 0 Å². The van der Waals surface area contributed by atoms with Gasteiger partial charge in [-0.15, -0.1) is 0 Å². The van der Waals surface area contributed by atoms with Gasteiger partial charge in [-0.05, 0) is 18.9 Å². The summed E-state index contributed by atoms with van der Waals surface area (Å²) >= 11 is 0.